The van der Waals surface area contributed by atoms with Crippen molar-refractivity contribution in [3.63, 3.8) is 0 Å². The normalized spacial score (nSPS) is 11.2. The van der Waals surface area contributed by atoms with Crippen molar-refractivity contribution in [2.45, 2.75) is 32.7 Å². The van der Waals surface area contributed by atoms with Crippen molar-refractivity contribution >= 4 is 11.6 Å². The third-order valence-corrected chi connectivity index (χ3v) is 3.89. The van der Waals surface area contributed by atoms with Crippen LogP contribution in [0.1, 0.15) is 42.3 Å². The van der Waals surface area contributed by atoms with E-state index in [0.29, 0.717) is 12.1 Å². The lowest BCUT2D eigenvalue weighted by Gasteiger charge is -2.21. The van der Waals surface area contributed by atoms with Crippen LogP contribution in [0.25, 0.3) is 0 Å². The largest absolute Gasteiger partial charge is 0.337 e. The summed E-state index contributed by atoms with van der Waals surface area (Å²) in [5.41, 5.74) is 2.58. The van der Waals surface area contributed by atoms with E-state index in [1.54, 1.807) is 18.0 Å². The summed E-state index contributed by atoms with van der Waals surface area (Å²) in [4.78, 5) is 24.3. The van der Waals surface area contributed by atoms with Crippen LogP contribution in [0.4, 0.5) is 5.69 Å². The molecule has 5 nitrogen and oxygen atoms in total. The van der Waals surface area contributed by atoms with Crippen molar-refractivity contribution in [3.05, 3.63) is 75.3 Å². The van der Waals surface area contributed by atoms with Gasteiger partial charge in [-0.15, -0.1) is 0 Å². The minimum atomic E-state index is -0.498. The Kier molecular flexibility index (Phi) is 5.02. The van der Waals surface area contributed by atoms with E-state index in [9.17, 15) is 14.9 Å². The fraction of sp³-hybridized carbons (Fsp3) is 0.316. The van der Waals surface area contributed by atoms with Gasteiger partial charge in [0, 0.05) is 31.3 Å². The van der Waals surface area contributed by atoms with Crippen LogP contribution < -0.4 is 0 Å². The van der Waals surface area contributed by atoms with E-state index in [1.165, 1.54) is 23.8 Å². The standard InChI is InChI=1S/C19H22N2O3/c1-19(2,3)16-10-8-14(9-11-16)13-20(4)18(22)15-6-5-7-17(12-15)21(23)24/h5-12H,13H2,1-4H3. The van der Waals surface area contributed by atoms with Crippen molar-refractivity contribution in [3.8, 4) is 0 Å². The molecule has 0 saturated heterocycles. The SMILES string of the molecule is CN(Cc1ccc(C(C)(C)C)cc1)C(=O)c1cccc([N+](=O)[O-])c1. The van der Waals surface area contributed by atoms with Gasteiger partial charge in [0.05, 0.1) is 4.92 Å². The smallest absolute Gasteiger partial charge is 0.270 e. The summed E-state index contributed by atoms with van der Waals surface area (Å²) in [6.07, 6.45) is 0. The minimum absolute atomic E-state index is 0.0798. The highest BCUT2D eigenvalue weighted by atomic mass is 16.6. The molecule has 126 valence electrons. The van der Waals surface area contributed by atoms with Gasteiger partial charge in [-0.1, -0.05) is 51.1 Å². The lowest BCUT2D eigenvalue weighted by molar-refractivity contribution is -0.384. The number of nitro benzene ring substituents is 1. The van der Waals surface area contributed by atoms with Crippen LogP contribution in [0.2, 0.25) is 0 Å². The van der Waals surface area contributed by atoms with Crippen LogP contribution in [0, 0.1) is 10.1 Å². The van der Waals surface area contributed by atoms with E-state index in [1.807, 2.05) is 12.1 Å². The van der Waals surface area contributed by atoms with E-state index in [-0.39, 0.29) is 17.0 Å². The first-order valence-electron chi connectivity index (χ1n) is 7.78. The molecule has 0 spiro atoms. The first-order chi connectivity index (χ1) is 11.2. The summed E-state index contributed by atoms with van der Waals surface area (Å²) >= 11 is 0. The van der Waals surface area contributed by atoms with Gasteiger partial charge >= 0.3 is 0 Å². The highest BCUT2D eigenvalue weighted by molar-refractivity contribution is 5.94. The maximum Gasteiger partial charge on any atom is 0.270 e. The van der Waals surface area contributed by atoms with Crippen LogP contribution in [-0.2, 0) is 12.0 Å². The number of rotatable bonds is 4. The number of nitro groups is 1. The molecule has 0 N–H and O–H groups in total. The van der Waals surface area contributed by atoms with E-state index >= 15 is 0 Å². The Hall–Kier alpha value is -2.69. The number of non-ortho nitro benzene ring substituents is 1. The second-order valence-electron chi connectivity index (χ2n) is 6.92. The second kappa shape index (κ2) is 6.83. The van der Waals surface area contributed by atoms with E-state index in [4.69, 9.17) is 0 Å². The first-order valence-corrected chi connectivity index (χ1v) is 7.78. The summed E-state index contributed by atoms with van der Waals surface area (Å²) in [6, 6.07) is 14.0. The van der Waals surface area contributed by atoms with Crippen molar-refractivity contribution < 1.29 is 9.72 Å². The highest BCUT2D eigenvalue weighted by Gasteiger charge is 2.16. The molecule has 0 bridgehead atoms. The molecule has 2 aromatic carbocycles. The molecule has 0 aliphatic rings. The summed E-state index contributed by atoms with van der Waals surface area (Å²) in [7, 11) is 1.69. The van der Waals surface area contributed by atoms with Gasteiger partial charge in [0.15, 0.2) is 0 Å². The molecule has 0 atom stereocenters. The van der Waals surface area contributed by atoms with Crippen molar-refractivity contribution in [2.75, 3.05) is 7.05 Å². The van der Waals surface area contributed by atoms with Crippen LogP contribution in [0.5, 0.6) is 0 Å². The summed E-state index contributed by atoms with van der Waals surface area (Å²) in [6.45, 7) is 6.91. The first kappa shape index (κ1) is 17.7. The maximum absolute atomic E-state index is 12.5. The molecule has 0 aliphatic carbocycles. The lowest BCUT2D eigenvalue weighted by atomic mass is 9.87. The predicted octanol–water partition coefficient (Wildman–Crippen LogP) is 4.16. The van der Waals surface area contributed by atoms with E-state index in [0.717, 1.165) is 5.56 Å². The fourth-order valence-electron chi connectivity index (χ4n) is 2.43. The van der Waals surface area contributed by atoms with Gasteiger partial charge in [-0.3, -0.25) is 14.9 Å². The number of amides is 1. The van der Waals surface area contributed by atoms with Crippen LogP contribution in [-0.4, -0.2) is 22.8 Å². The Morgan fingerprint density at radius 3 is 2.29 bits per heavy atom. The molecule has 0 fully saturated rings. The molecular formula is C19H22N2O3. The molecular weight excluding hydrogens is 304 g/mol. The van der Waals surface area contributed by atoms with Crippen LogP contribution in [0.3, 0.4) is 0 Å². The maximum atomic E-state index is 12.5. The zero-order chi connectivity index (χ0) is 17.9. The molecule has 0 heterocycles. The van der Waals surface area contributed by atoms with E-state index < -0.39 is 4.92 Å². The number of benzene rings is 2. The molecule has 0 radical (unpaired) electrons. The Labute approximate surface area is 142 Å². The third kappa shape index (κ3) is 4.19. The summed E-state index contributed by atoms with van der Waals surface area (Å²) in [5.74, 6) is -0.237. The van der Waals surface area contributed by atoms with Crippen molar-refractivity contribution in [1.29, 1.82) is 0 Å². The highest BCUT2D eigenvalue weighted by Crippen LogP contribution is 2.22. The Morgan fingerprint density at radius 2 is 1.75 bits per heavy atom. The number of hydrogen-bond acceptors (Lipinski definition) is 3. The molecule has 0 unspecified atom stereocenters. The molecule has 5 heteroatoms. The van der Waals surface area contributed by atoms with E-state index in [2.05, 4.69) is 32.9 Å². The van der Waals surface area contributed by atoms with Gasteiger partial charge in [-0.25, -0.2) is 0 Å². The Morgan fingerprint density at radius 1 is 1.12 bits per heavy atom. The van der Waals surface area contributed by atoms with Gasteiger partial charge in [0.1, 0.15) is 0 Å². The molecule has 1 amide bonds. The monoisotopic (exact) mass is 326 g/mol. The fourth-order valence-corrected chi connectivity index (χ4v) is 2.43. The van der Waals surface area contributed by atoms with Gasteiger partial charge < -0.3 is 4.90 Å². The zero-order valence-corrected chi connectivity index (χ0v) is 14.4. The molecule has 0 saturated carbocycles. The molecule has 0 aromatic heterocycles. The second-order valence-corrected chi connectivity index (χ2v) is 6.92. The van der Waals surface area contributed by atoms with Crippen LogP contribution >= 0.6 is 0 Å². The lowest BCUT2D eigenvalue weighted by Crippen LogP contribution is -2.26. The van der Waals surface area contributed by atoms with Gasteiger partial charge in [0.2, 0.25) is 0 Å². The number of carbonyl (C=O) groups is 1. The quantitative estimate of drug-likeness (QED) is 0.626. The Bertz CT molecular complexity index is 746. The average molecular weight is 326 g/mol. The Balaban J connectivity index is 2.11. The minimum Gasteiger partial charge on any atom is -0.337 e. The summed E-state index contributed by atoms with van der Waals surface area (Å²) in [5, 5.41) is 10.8. The summed E-state index contributed by atoms with van der Waals surface area (Å²) < 4.78 is 0. The van der Waals surface area contributed by atoms with Crippen LogP contribution in [0.15, 0.2) is 48.5 Å². The third-order valence-electron chi connectivity index (χ3n) is 3.89. The van der Waals surface area contributed by atoms with Gasteiger partial charge in [-0.2, -0.15) is 0 Å². The van der Waals surface area contributed by atoms with Crippen molar-refractivity contribution in [1.82, 2.24) is 4.90 Å². The van der Waals surface area contributed by atoms with Crippen molar-refractivity contribution in [2.24, 2.45) is 0 Å². The van der Waals surface area contributed by atoms with Gasteiger partial charge in [-0.05, 0) is 22.6 Å². The number of nitrogens with zero attached hydrogens (tertiary/aromatic N) is 2. The number of hydrogen-bond donors (Lipinski definition) is 0. The molecule has 0 aliphatic heterocycles. The molecule has 24 heavy (non-hydrogen) atoms. The van der Waals surface area contributed by atoms with Gasteiger partial charge in [0.25, 0.3) is 11.6 Å². The molecule has 2 aromatic rings. The number of carbonyl (C=O) groups excluding carboxylic acids is 1. The predicted molar refractivity (Wildman–Crippen MR) is 94.0 cm³/mol. The zero-order valence-electron chi connectivity index (χ0n) is 14.4. The molecule has 2 rings (SSSR count). The topological polar surface area (TPSA) is 63.5 Å². The average Bonchev–Trinajstić information content (AvgIpc) is 2.53.